The van der Waals surface area contributed by atoms with Crippen LogP contribution in [0.1, 0.15) is 29.5 Å². The monoisotopic (exact) mass is 290 g/mol. The lowest BCUT2D eigenvalue weighted by Crippen LogP contribution is -2.16. The highest BCUT2D eigenvalue weighted by Gasteiger charge is 2.13. The molecule has 0 fully saturated rings. The van der Waals surface area contributed by atoms with E-state index in [0.29, 0.717) is 0 Å². The summed E-state index contributed by atoms with van der Waals surface area (Å²) in [7, 11) is 4.08. The van der Waals surface area contributed by atoms with Crippen LogP contribution in [0.4, 0.5) is 5.13 Å². The fraction of sp³-hybridized carbons (Fsp3) is 0.467. The Balaban J connectivity index is 2.13. The third-order valence-corrected chi connectivity index (χ3v) is 4.30. The minimum atomic E-state index is 0.862. The van der Waals surface area contributed by atoms with E-state index in [1.807, 2.05) is 31.6 Å². The molecule has 0 aromatic carbocycles. The van der Waals surface area contributed by atoms with E-state index in [1.165, 1.54) is 16.1 Å². The maximum absolute atomic E-state index is 4.80. The van der Waals surface area contributed by atoms with E-state index in [1.54, 1.807) is 11.3 Å². The molecule has 5 heteroatoms. The van der Waals surface area contributed by atoms with Crippen molar-refractivity contribution < 1.29 is 0 Å². The molecule has 2 rings (SSSR count). The molecule has 0 aliphatic carbocycles. The zero-order valence-corrected chi connectivity index (χ0v) is 13.2. The van der Waals surface area contributed by atoms with Gasteiger partial charge in [-0.05, 0) is 31.2 Å². The highest BCUT2D eigenvalue weighted by molar-refractivity contribution is 7.15. The predicted molar refractivity (Wildman–Crippen MR) is 85.2 cm³/mol. The van der Waals surface area contributed by atoms with Gasteiger partial charge in [-0.25, -0.2) is 4.98 Å². The van der Waals surface area contributed by atoms with Crippen molar-refractivity contribution in [2.24, 2.45) is 0 Å². The molecule has 0 amide bonds. The molecule has 0 radical (unpaired) electrons. The van der Waals surface area contributed by atoms with Crippen molar-refractivity contribution in [3.05, 3.63) is 40.7 Å². The highest BCUT2D eigenvalue weighted by Crippen LogP contribution is 2.27. The largest absolute Gasteiger partial charge is 0.347 e. The Hall–Kier alpha value is -1.46. The summed E-state index contributed by atoms with van der Waals surface area (Å²) in [6, 6.07) is 4.09. The maximum atomic E-state index is 4.80. The first-order valence-corrected chi connectivity index (χ1v) is 7.79. The van der Waals surface area contributed by atoms with Gasteiger partial charge < -0.3 is 10.2 Å². The molecule has 0 aliphatic rings. The highest BCUT2D eigenvalue weighted by atomic mass is 32.1. The molecule has 2 aromatic rings. The van der Waals surface area contributed by atoms with Crippen molar-refractivity contribution in [3.63, 3.8) is 0 Å². The number of hydrogen-bond donors (Lipinski definition) is 1. The predicted octanol–water partition coefficient (Wildman–Crippen LogP) is 2.85. The first-order chi connectivity index (χ1) is 9.74. The second-order valence-corrected chi connectivity index (χ2v) is 5.92. The molecule has 108 valence electrons. The molecule has 0 saturated carbocycles. The van der Waals surface area contributed by atoms with Crippen molar-refractivity contribution >= 4 is 16.5 Å². The molecule has 4 nitrogen and oxygen atoms in total. The fourth-order valence-corrected chi connectivity index (χ4v) is 3.17. The normalized spacial score (nSPS) is 10.8. The van der Waals surface area contributed by atoms with E-state index in [9.17, 15) is 0 Å². The Labute approximate surface area is 124 Å². The van der Waals surface area contributed by atoms with Gasteiger partial charge in [-0.3, -0.25) is 4.98 Å². The van der Waals surface area contributed by atoms with Crippen molar-refractivity contribution in [1.29, 1.82) is 0 Å². The van der Waals surface area contributed by atoms with Gasteiger partial charge >= 0.3 is 0 Å². The van der Waals surface area contributed by atoms with E-state index in [2.05, 4.69) is 29.2 Å². The lowest BCUT2D eigenvalue weighted by atomic mass is 10.2. The Morgan fingerprint density at radius 2 is 2.05 bits per heavy atom. The van der Waals surface area contributed by atoms with Crippen molar-refractivity contribution in [1.82, 2.24) is 15.3 Å². The number of aromatic nitrogens is 2. The van der Waals surface area contributed by atoms with E-state index in [0.717, 1.165) is 31.1 Å². The number of hydrogen-bond acceptors (Lipinski definition) is 5. The quantitative estimate of drug-likeness (QED) is 0.851. The number of pyridine rings is 1. The zero-order chi connectivity index (χ0) is 14.4. The number of anilines is 1. The van der Waals surface area contributed by atoms with Gasteiger partial charge in [-0.2, -0.15) is 0 Å². The smallest absolute Gasteiger partial charge is 0.185 e. The zero-order valence-electron chi connectivity index (χ0n) is 12.4. The van der Waals surface area contributed by atoms with Crippen LogP contribution in [0.2, 0.25) is 0 Å². The van der Waals surface area contributed by atoms with E-state index >= 15 is 0 Å². The second-order valence-electron chi connectivity index (χ2n) is 4.86. The number of thiazole rings is 1. The molecule has 0 saturated heterocycles. The molecule has 0 atom stereocenters. The topological polar surface area (TPSA) is 41.1 Å². The molecule has 0 bridgehead atoms. The summed E-state index contributed by atoms with van der Waals surface area (Å²) < 4.78 is 0. The van der Waals surface area contributed by atoms with Crippen LogP contribution in [0.15, 0.2) is 24.5 Å². The Morgan fingerprint density at radius 1 is 1.30 bits per heavy atom. The summed E-state index contributed by atoms with van der Waals surface area (Å²) in [5.74, 6) is 0. The maximum Gasteiger partial charge on any atom is 0.185 e. The van der Waals surface area contributed by atoms with E-state index in [4.69, 9.17) is 4.98 Å². The summed E-state index contributed by atoms with van der Waals surface area (Å²) in [5.41, 5.74) is 2.49. The standard InChI is InChI=1S/C15H22N4S/c1-4-5-13-14(10-16-2)20-15(18-13)19(3)11-12-6-8-17-9-7-12/h6-9,16H,4-5,10-11H2,1-3H3. The Morgan fingerprint density at radius 3 is 2.70 bits per heavy atom. The molecule has 2 heterocycles. The number of nitrogens with one attached hydrogen (secondary N) is 1. The van der Waals surface area contributed by atoms with Gasteiger partial charge in [0.1, 0.15) is 0 Å². The van der Waals surface area contributed by atoms with Crippen molar-refractivity contribution in [3.8, 4) is 0 Å². The summed E-state index contributed by atoms with van der Waals surface area (Å²) in [6.45, 7) is 3.96. The molecule has 1 N–H and O–H groups in total. The van der Waals surface area contributed by atoms with Crippen LogP contribution in [-0.2, 0) is 19.5 Å². The minimum Gasteiger partial charge on any atom is -0.347 e. The van der Waals surface area contributed by atoms with Crippen LogP contribution >= 0.6 is 11.3 Å². The third-order valence-electron chi connectivity index (χ3n) is 3.09. The van der Waals surface area contributed by atoms with Gasteiger partial charge in [0, 0.05) is 37.4 Å². The lowest BCUT2D eigenvalue weighted by Gasteiger charge is -2.15. The minimum absolute atomic E-state index is 0.862. The summed E-state index contributed by atoms with van der Waals surface area (Å²) in [5, 5.41) is 4.32. The average molecular weight is 290 g/mol. The van der Waals surface area contributed by atoms with Crippen LogP contribution < -0.4 is 10.2 Å². The van der Waals surface area contributed by atoms with Crippen LogP contribution in [0.5, 0.6) is 0 Å². The molecule has 2 aromatic heterocycles. The number of aryl methyl sites for hydroxylation is 1. The molecular weight excluding hydrogens is 268 g/mol. The lowest BCUT2D eigenvalue weighted by molar-refractivity contribution is 0.796. The van der Waals surface area contributed by atoms with Crippen molar-refractivity contribution in [2.75, 3.05) is 19.0 Å². The fourth-order valence-electron chi connectivity index (χ4n) is 2.09. The first kappa shape index (κ1) is 14.9. The van der Waals surface area contributed by atoms with Crippen LogP contribution in [-0.4, -0.2) is 24.1 Å². The van der Waals surface area contributed by atoms with Gasteiger partial charge in [-0.1, -0.05) is 13.3 Å². The molecule has 0 spiro atoms. The van der Waals surface area contributed by atoms with Gasteiger partial charge in [0.25, 0.3) is 0 Å². The molecule has 0 aliphatic heterocycles. The molecular formula is C15H22N4S. The van der Waals surface area contributed by atoms with Crippen LogP contribution in [0.25, 0.3) is 0 Å². The SMILES string of the molecule is CCCc1nc(N(C)Cc2ccncc2)sc1CNC. The average Bonchev–Trinajstić information content (AvgIpc) is 2.84. The second kappa shape index (κ2) is 7.36. The van der Waals surface area contributed by atoms with Gasteiger partial charge in [0.2, 0.25) is 0 Å². The van der Waals surface area contributed by atoms with E-state index in [-0.39, 0.29) is 0 Å². The summed E-state index contributed by atoms with van der Waals surface area (Å²) >= 11 is 1.79. The van der Waals surface area contributed by atoms with Crippen LogP contribution in [0.3, 0.4) is 0 Å². The summed E-state index contributed by atoms with van der Waals surface area (Å²) in [6.07, 6.45) is 5.85. The Kier molecular flexibility index (Phi) is 5.49. The van der Waals surface area contributed by atoms with Gasteiger partial charge in [-0.15, -0.1) is 11.3 Å². The molecule has 0 unspecified atom stereocenters. The van der Waals surface area contributed by atoms with E-state index < -0.39 is 0 Å². The van der Waals surface area contributed by atoms with Crippen molar-refractivity contribution in [2.45, 2.75) is 32.9 Å². The Bertz CT molecular complexity index is 500. The summed E-state index contributed by atoms with van der Waals surface area (Å²) in [4.78, 5) is 12.4. The number of nitrogens with zero attached hydrogens (tertiary/aromatic N) is 3. The number of rotatable bonds is 7. The van der Waals surface area contributed by atoms with Gasteiger partial charge in [0.05, 0.1) is 5.69 Å². The van der Waals surface area contributed by atoms with Crippen LogP contribution in [0, 0.1) is 0 Å². The van der Waals surface area contributed by atoms with Gasteiger partial charge in [0.15, 0.2) is 5.13 Å². The molecule has 20 heavy (non-hydrogen) atoms. The first-order valence-electron chi connectivity index (χ1n) is 6.97. The third kappa shape index (κ3) is 3.77.